The second-order valence-electron chi connectivity index (χ2n) is 17.0. The van der Waals surface area contributed by atoms with Crippen LogP contribution in [0.4, 0.5) is 4.79 Å². The number of carbonyl (C=O) groups excluding carboxylic acids is 3. The van der Waals surface area contributed by atoms with Crippen LogP contribution in [0.5, 0.6) is 0 Å². The third-order valence-electron chi connectivity index (χ3n) is 12.3. The molecule has 0 unspecified atom stereocenters. The third kappa shape index (κ3) is 11.3. The fourth-order valence-corrected chi connectivity index (χ4v) is 8.89. The van der Waals surface area contributed by atoms with Gasteiger partial charge < -0.3 is 37.9 Å². The molecule has 1 aromatic heterocycles. The highest BCUT2D eigenvalue weighted by molar-refractivity contribution is 6.12. The summed E-state index contributed by atoms with van der Waals surface area (Å²) in [4.78, 5) is 44.0. The predicted molar refractivity (Wildman–Crippen MR) is 250 cm³/mol. The van der Waals surface area contributed by atoms with Crippen molar-refractivity contribution >= 4 is 17.8 Å². The highest BCUT2D eigenvalue weighted by atomic mass is 16.7. The van der Waals surface area contributed by atoms with Crippen molar-refractivity contribution in [1.29, 1.82) is 0 Å². The number of ether oxygens (including phenoxy) is 6. The van der Waals surface area contributed by atoms with Gasteiger partial charge in [0.15, 0.2) is 12.1 Å². The summed E-state index contributed by atoms with van der Waals surface area (Å²) in [5.74, 6) is -1.96. The minimum Gasteiger partial charge on any atom is -0.457 e. The maximum atomic E-state index is 14.8. The summed E-state index contributed by atoms with van der Waals surface area (Å²) >= 11 is 0. The summed E-state index contributed by atoms with van der Waals surface area (Å²) in [5.41, 5.74) is 5.97. The van der Waals surface area contributed by atoms with Crippen molar-refractivity contribution in [3.8, 4) is 11.1 Å². The lowest BCUT2D eigenvalue weighted by Crippen LogP contribution is -2.61. The number of methoxy groups -OCH3 is 1. The van der Waals surface area contributed by atoms with Crippen molar-refractivity contribution in [2.45, 2.75) is 89.2 Å². The van der Waals surface area contributed by atoms with E-state index < -0.39 is 66.6 Å². The largest absolute Gasteiger partial charge is 0.457 e. The molecule has 2 fully saturated rings. The lowest BCUT2D eigenvalue weighted by molar-refractivity contribution is -0.319. The zero-order chi connectivity index (χ0) is 46.7. The van der Waals surface area contributed by atoms with Crippen molar-refractivity contribution in [3.05, 3.63) is 191 Å². The van der Waals surface area contributed by atoms with E-state index in [0.29, 0.717) is 24.2 Å². The Bertz CT molecular complexity index is 2530. The van der Waals surface area contributed by atoms with E-state index in [1.807, 2.05) is 153 Å². The van der Waals surface area contributed by atoms with Gasteiger partial charge in [-0.15, -0.1) is 0 Å². The van der Waals surface area contributed by atoms with Crippen LogP contribution in [0.3, 0.4) is 0 Å². The molecule has 8 atom stereocenters. The van der Waals surface area contributed by atoms with E-state index in [4.69, 9.17) is 32.8 Å². The minimum atomic E-state index is -1.29. The van der Waals surface area contributed by atoms with Crippen LogP contribution in [0.15, 0.2) is 156 Å². The van der Waals surface area contributed by atoms with Crippen molar-refractivity contribution in [2.75, 3.05) is 20.3 Å². The molecule has 0 radical (unpaired) electrons. The van der Waals surface area contributed by atoms with Gasteiger partial charge in [-0.05, 0) is 60.6 Å². The van der Waals surface area contributed by atoms with Crippen LogP contribution in [-0.4, -0.2) is 84.9 Å². The number of hydrogen-bond donors (Lipinski definition) is 1. The number of rotatable bonds is 20. The molecule has 2 amide bonds. The van der Waals surface area contributed by atoms with Gasteiger partial charge in [-0.2, -0.15) is 0 Å². The molecular formula is C55H57NO11. The molecule has 348 valence electrons. The number of benzene rings is 5. The molecule has 67 heavy (non-hydrogen) atoms. The second-order valence-corrected chi connectivity index (χ2v) is 17.0. The van der Waals surface area contributed by atoms with Gasteiger partial charge in [-0.3, -0.25) is 9.59 Å². The molecule has 0 spiro atoms. The average molecular weight is 908 g/mol. The molecule has 6 aromatic rings. The Morgan fingerprint density at radius 3 is 1.96 bits per heavy atom. The van der Waals surface area contributed by atoms with Crippen LogP contribution in [0.2, 0.25) is 0 Å². The molecule has 0 saturated carbocycles. The fourth-order valence-electron chi connectivity index (χ4n) is 8.89. The van der Waals surface area contributed by atoms with Crippen molar-refractivity contribution < 1.29 is 52.3 Å². The minimum absolute atomic E-state index is 0.00416. The fraction of sp³-hybridized carbons (Fsp3) is 0.327. The molecule has 5 aromatic carbocycles. The first-order valence-corrected chi connectivity index (χ1v) is 22.8. The summed E-state index contributed by atoms with van der Waals surface area (Å²) in [5, 5.41) is 10.5. The number of cyclic esters (lactones) is 1. The number of nitrogens with zero attached hydrogens (tertiary/aromatic N) is 1. The predicted octanol–water partition coefficient (Wildman–Crippen LogP) is 9.26. The molecule has 8 rings (SSSR count). The number of furan rings is 1. The number of imide groups is 1. The van der Waals surface area contributed by atoms with Gasteiger partial charge in [0, 0.05) is 25.7 Å². The van der Waals surface area contributed by atoms with Gasteiger partial charge in [0.05, 0.1) is 25.9 Å². The first-order valence-electron chi connectivity index (χ1n) is 22.8. The van der Waals surface area contributed by atoms with Crippen LogP contribution in [-0.2, 0) is 59.3 Å². The summed E-state index contributed by atoms with van der Waals surface area (Å²) in [6.07, 6.45) is -4.46. The van der Waals surface area contributed by atoms with Crippen molar-refractivity contribution in [2.24, 2.45) is 5.92 Å². The normalized spacial score (nSPS) is 22.1. The highest BCUT2D eigenvalue weighted by Gasteiger charge is 2.49. The quantitative estimate of drug-likeness (QED) is 0.0445. The standard InChI is InChI=1S/C55H57NO11/c1-36-18-16-27-42(30-36)43-32-46(48(58)44(31-38-19-8-4-9-20-38)53(59)56-37(2)49(67-55(56)60)41-25-14-7-15-26-41)65-45(43)28-17-29-62-52-51(64-35-40-23-12-6-13-24-40)50(47(33-57)66-54(52)61-3)63-34-39-21-10-5-11-22-39/h4-16,18-27,30,32,37,44,47,49-52,54,57H,17,28-29,31,33-35H2,1-3H3/t37-,44-,47-,49-,50-,51+,52+,54+/m1/s1. The summed E-state index contributed by atoms with van der Waals surface area (Å²) in [7, 11) is 1.52. The Kier molecular flexibility index (Phi) is 15.9. The van der Waals surface area contributed by atoms with E-state index >= 15 is 0 Å². The van der Waals surface area contributed by atoms with E-state index in [1.54, 1.807) is 13.0 Å². The Hall–Kier alpha value is -6.25. The third-order valence-corrected chi connectivity index (χ3v) is 12.3. The SMILES string of the molecule is CO[C@H]1O[C@H](CO)[C@@H](OCc2ccccc2)[C@H](OCc2ccccc2)[C@@H]1OCCCc1oc(C(=O)[C@@H](Cc2ccccc2)C(=O)N2C(=O)O[C@@H](c3ccccc3)[C@H]2C)cc1-c1cccc(C)c1. The van der Waals surface area contributed by atoms with Crippen molar-refractivity contribution in [1.82, 2.24) is 4.90 Å². The molecule has 12 heteroatoms. The summed E-state index contributed by atoms with van der Waals surface area (Å²) in [6, 6.07) is 47.0. The summed E-state index contributed by atoms with van der Waals surface area (Å²) in [6.45, 7) is 4.14. The Morgan fingerprint density at radius 1 is 0.731 bits per heavy atom. The molecule has 12 nitrogen and oxygen atoms in total. The molecule has 0 bridgehead atoms. The topological polar surface area (TPSA) is 143 Å². The Labute approximate surface area is 391 Å². The number of aliphatic hydroxyl groups is 1. The van der Waals surface area contributed by atoms with Crippen LogP contribution in [0.25, 0.3) is 11.1 Å². The van der Waals surface area contributed by atoms with E-state index in [9.17, 15) is 19.5 Å². The number of amides is 2. The van der Waals surface area contributed by atoms with Crippen LogP contribution in [0.1, 0.15) is 63.6 Å². The lowest BCUT2D eigenvalue weighted by Gasteiger charge is -2.45. The number of carbonyl (C=O) groups is 3. The molecule has 2 saturated heterocycles. The maximum absolute atomic E-state index is 14.8. The van der Waals surface area contributed by atoms with E-state index in [1.165, 1.54) is 7.11 Å². The van der Waals surface area contributed by atoms with Gasteiger partial charge in [0.2, 0.25) is 11.7 Å². The number of ketones is 1. The van der Waals surface area contributed by atoms with E-state index in [0.717, 1.165) is 38.3 Å². The van der Waals surface area contributed by atoms with Crippen LogP contribution in [0, 0.1) is 12.8 Å². The molecule has 1 N–H and O–H groups in total. The number of Topliss-reactive ketones (excluding diaryl/α,β-unsaturated/α-hetero) is 1. The van der Waals surface area contributed by atoms with Gasteiger partial charge in [-0.1, -0.05) is 151 Å². The first kappa shape index (κ1) is 47.3. The highest BCUT2D eigenvalue weighted by Crippen LogP contribution is 2.36. The van der Waals surface area contributed by atoms with Gasteiger partial charge in [-0.25, -0.2) is 9.69 Å². The number of aryl methyl sites for hydroxylation is 2. The number of aliphatic hydroxyl groups excluding tert-OH is 1. The van der Waals surface area contributed by atoms with E-state index in [2.05, 4.69) is 0 Å². The van der Waals surface area contributed by atoms with Gasteiger partial charge >= 0.3 is 6.09 Å². The number of hydrogen-bond acceptors (Lipinski definition) is 11. The maximum Gasteiger partial charge on any atom is 0.417 e. The Morgan fingerprint density at radius 2 is 1.34 bits per heavy atom. The van der Waals surface area contributed by atoms with Gasteiger partial charge in [0.1, 0.15) is 42.2 Å². The lowest BCUT2D eigenvalue weighted by atomic mass is 9.91. The van der Waals surface area contributed by atoms with Crippen LogP contribution < -0.4 is 0 Å². The van der Waals surface area contributed by atoms with Gasteiger partial charge in [0.25, 0.3) is 0 Å². The average Bonchev–Trinajstić information content (AvgIpc) is 3.93. The molecule has 3 heterocycles. The monoisotopic (exact) mass is 907 g/mol. The van der Waals surface area contributed by atoms with E-state index in [-0.39, 0.29) is 38.6 Å². The zero-order valence-electron chi connectivity index (χ0n) is 38.0. The molecule has 0 aliphatic carbocycles. The zero-order valence-corrected chi connectivity index (χ0v) is 38.0. The molecule has 2 aliphatic rings. The Balaban J connectivity index is 1.04. The van der Waals surface area contributed by atoms with Crippen molar-refractivity contribution in [3.63, 3.8) is 0 Å². The molecule has 2 aliphatic heterocycles. The summed E-state index contributed by atoms with van der Waals surface area (Å²) < 4.78 is 44.0. The van der Waals surface area contributed by atoms with Crippen LogP contribution >= 0.6 is 0 Å². The first-order chi connectivity index (χ1) is 32.7. The molecular weight excluding hydrogens is 851 g/mol. The smallest absolute Gasteiger partial charge is 0.417 e. The second kappa shape index (κ2) is 22.5.